The summed E-state index contributed by atoms with van der Waals surface area (Å²) < 4.78 is 12.4. The quantitative estimate of drug-likeness (QED) is 0.484. The molecule has 1 aromatic carbocycles. The Labute approximate surface area is 217 Å². The van der Waals surface area contributed by atoms with E-state index in [4.69, 9.17) is 9.47 Å². The molecule has 0 radical (unpaired) electrons. The highest BCUT2D eigenvalue weighted by molar-refractivity contribution is 5.99. The Morgan fingerprint density at radius 1 is 1.05 bits per heavy atom. The molecule has 2 fully saturated rings. The van der Waals surface area contributed by atoms with Crippen LogP contribution in [0.1, 0.15) is 39.2 Å². The van der Waals surface area contributed by atoms with Crippen molar-refractivity contribution >= 4 is 17.8 Å². The molecule has 0 aromatic heterocycles. The van der Waals surface area contributed by atoms with Gasteiger partial charge in [0.05, 0.1) is 30.8 Å². The van der Waals surface area contributed by atoms with Crippen LogP contribution < -0.4 is 0 Å². The summed E-state index contributed by atoms with van der Waals surface area (Å²) in [7, 11) is 0. The number of nitrogens with zero attached hydrogens (tertiary/aromatic N) is 2. The van der Waals surface area contributed by atoms with Crippen molar-refractivity contribution in [3.63, 3.8) is 0 Å². The summed E-state index contributed by atoms with van der Waals surface area (Å²) in [6, 6.07) is 7.80. The van der Waals surface area contributed by atoms with Crippen LogP contribution in [0.3, 0.4) is 0 Å². The van der Waals surface area contributed by atoms with Crippen LogP contribution in [0.4, 0.5) is 0 Å². The average molecular weight is 509 g/mol. The zero-order valence-corrected chi connectivity index (χ0v) is 21.7. The standard InChI is InChI=1S/C29H36N2O6/c1-19(2)30-15-10-14-29-22(23-27(35)36-16-9-5-8-13-28(23,3)37-29)25(33)31(24(29)26(30)34)21(18-32)17-20-11-6-4-7-12-20/h4,6-8,10-14,19,21-24,32H,5,9,15-18H2,1-3H3/b13-8-/t21-,22+,23+,24?,28-,29+/m1/s1. The second kappa shape index (κ2) is 9.72. The Kier molecular flexibility index (Phi) is 6.75. The third kappa shape index (κ3) is 4.10. The van der Waals surface area contributed by atoms with E-state index in [-0.39, 0.29) is 31.1 Å². The Morgan fingerprint density at radius 2 is 1.81 bits per heavy atom. The molecule has 198 valence electrons. The second-order valence-electron chi connectivity index (χ2n) is 11.0. The summed E-state index contributed by atoms with van der Waals surface area (Å²) in [6.07, 6.45) is 9.31. The number of likely N-dealkylation sites (tertiary alicyclic amines) is 1. The summed E-state index contributed by atoms with van der Waals surface area (Å²) in [5.41, 5.74) is -1.53. The third-order valence-corrected chi connectivity index (χ3v) is 8.26. The van der Waals surface area contributed by atoms with E-state index < -0.39 is 41.1 Å². The molecule has 2 saturated heterocycles. The highest BCUT2D eigenvalue weighted by atomic mass is 16.6. The van der Waals surface area contributed by atoms with E-state index in [1.807, 2.05) is 68.5 Å². The normalized spacial score (nSPS) is 35.2. The summed E-state index contributed by atoms with van der Waals surface area (Å²) in [4.78, 5) is 45.3. The Hall–Kier alpha value is -2.97. The van der Waals surface area contributed by atoms with Gasteiger partial charge in [0.25, 0.3) is 0 Å². The SMILES string of the molecule is CC(C)N1CC=C[C@]23O[C@]4(C)/C=C\CCCOC(=O)[C@@H]4[C@H]2C(=O)N([C@@H](CO)Cc2ccccc2)C3C1=O. The maximum absolute atomic E-state index is 14.4. The fourth-order valence-electron chi connectivity index (χ4n) is 6.59. The van der Waals surface area contributed by atoms with Gasteiger partial charge in [-0.1, -0.05) is 54.6 Å². The molecule has 0 aliphatic carbocycles. The maximum Gasteiger partial charge on any atom is 0.313 e. The van der Waals surface area contributed by atoms with Crippen LogP contribution in [0.25, 0.3) is 0 Å². The molecule has 37 heavy (non-hydrogen) atoms. The number of rotatable bonds is 5. The number of aliphatic hydroxyl groups is 1. The number of allylic oxidation sites excluding steroid dienone is 1. The Morgan fingerprint density at radius 3 is 2.51 bits per heavy atom. The second-order valence-corrected chi connectivity index (χ2v) is 11.0. The number of esters is 1. The lowest BCUT2D eigenvalue weighted by Gasteiger charge is -2.40. The van der Waals surface area contributed by atoms with Gasteiger partial charge in [0.2, 0.25) is 11.8 Å². The number of carbonyl (C=O) groups is 3. The minimum atomic E-state index is -1.36. The van der Waals surface area contributed by atoms with Gasteiger partial charge < -0.3 is 24.4 Å². The van der Waals surface area contributed by atoms with Gasteiger partial charge in [-0.3, -0.25) is 14.4 Å². The van der Waals surface area contributed by atoms with E-state index in [0.717, 1.165) is 12.0 Å². The first-order valence-corrected chi connectivity index (χ1v) is 13.2. The molecule has 5 rings (SSSR count). The number of hydrogen-bond acceptors (Lipinski definition) is 6. The summed E-state index contributed by atoms with van der Waals surface area (Å²) in [5.74, 6) is -2.95. The molecule has 2 amide bonds. The van der Waals surface area contributed by atoms with Crippen molar-refractivity contribution in [2.45, 2.75) is 69.4 Å². The van der Waals surface area contributed by atoms with Crippen LogP contribution in [-0.2, 0) is 30.3 Å². The molecule has 0 bridgehead atoms. The van der Waals surface area contributed by atoms with Crippen LogP contribution in [0, 0.1) is 11.8 Å². The minimum Gasteiger partial charge on any atom is -0.465 e. The van der Waals surface area contributed by atoms with Crippen LogP contribution >= 0.6 is 0 Å². The van der Waals surface area contributed by atoms with Gasteiger partial charge in [-0.15, -0.1) is 0 Å². The molecule has 1 unspecified atom stereocenters. The number of fused-ring (bicyclic) bond motifs is 2. The predicted molar refractivity (Wildman–Crippen MR) is 136 cm³/mol. The predicted octanol–water partition coefficient (Wildman–Crippen LogP) is 2.26. The average Bonchev–Trinajstić information content (AvgIpc) is 3.22. The fraction of sp³-hybridized carbons (Fsp3) is 0.552. The molecule has 4 aliphatic heterocycles. The van der Waals surface area contributed by atoms with Crippen molar-refractivity contribution in [1.29, 1.82) is 0 Å². The van der Waals surface area contributed by atoms with Crippen molar-refractivity contribution in [2.75, 3.05) is 19.8 Å². The van der Waals surface area contributed by atoms with Crippen LogP contribution in [0.2, 0.25) is 0 Å². The Balaban J connectivity index is 1.65. The van der Waals surface area contributed by atoms with Gasteiger partial charge in [-0.2, -0.15) is 0 Å². The zero-order chi connectivity index (χ0) is 26.4. The van der Waals surface area contributed by atoms with E-state index in [0.29, 0.717) is 19.4 Å². The topological polar surface area (TPSA) is 96.4 Å². The lowest BCUT2D eigenvalue weighted by Crippen LogP contribution is -2.59. The Bertz CT molecular complexity index is 1120. The molecular formula is C29H36N2O6. The van der Waals surface area contributed by atoms with Crippen molar-refractivity contribution in [2.24, 2.45) is 11.8 Å². The summed E-state index contributed by atoms with van der Waals surface area (Å²) >= 11 is 0. The van der Waals surface area contributed by atoms with E-state index in [1.165, 1.54) is 4.90 Å². The smallest absolute Gasteiger partial charge is 0.313 e. The van der Waals surface area contributed by atoms with Crippen LogP contribution in [-0.4, -0.2) is 81.8 Å². The van der Waals surface area contributed by atoms with Crippen molar-refractivity contribution < 1.29 is 29.0 Å². The largest absolute Gasteiger partial charge is 0.465 e. The lowest BCUT2D eigenvalue weighted by atomic mass is 9.74. The van der Waals surface area contributed by atoms with Crippen molar-refractivity contribution in [3.05, 3.63) is 60.2 Å². The van der Waals surface area contributed by atoms with Crippen LogP contribution in [0.5, 0.6) is 0 Å². The van der Waals surface area contributed by atoms with Crippen molar-refractivity contribution in [1.82, 2.24) is 9.80 Å². The van der Waals surface area contributed by atoms with E-state index >= 15 is 0 Å². The van der Waals surface area contributed by atoms with Gasteiger partial charge in [0, 0.05) is 12.6 Å². The molecule has 6 atom stereocenters. The maximum atomic E-state index is 14.4. The van der Waals surface area contributed by atoms with E-state index in [1.54, 1.807) is 11.8 Å². The number of cyclic esters (lactones) is 1. The van der Waals surface area contributed by atoms with E-state index in [9.17, 15) is 19.5 Å². The lowest BCUT2D eigenvalue weighted by molar-refractivity contribution is -0.161. The summed E-state index contributed by atoms with van der Waals surface area (Å²) in [6.45, 7) is 5.98. The molecule has 1 spiro atoms. The number of hydrogen-bond donors (Lipinski definition) is 1. The van der Waals surface area contributed by atoms with Gasteiger partial charge >= 0.3 is 5.97 Å². The van der Waals surface area contributed by atoms with Gasteiger partial charge in [0.1, 0.15) is 17.6 Å². The molecule has 1 aromatic rings. The zero-order valence-electron chi connectivity index (χ0n) is 21.7. The first-order chi connectivity index (χ1) is 17.7. The van der Waals surface area contributed by atoms with Gasteiger partial charge in [0.15, 0.2) is 0 Å². The fourth-order valence-corrected chi connectivity index (χ4v) is 6.59. The van der Waals surface area contributed by atoms with Crippen LogP contribution in [0.15, 0.2) is 54.6 Å². The molecule has 8 nitrogen and oxygen atoms in total. The number of amides is 2. The first kappa shape index (κ1) is 25.7. The minimum absolute atomic E-state index is 0.107. The van der Waals surface area contributed by atoms with E-state index in [2.05, 4.69) is 0 Å². The molecule has 4 heterocycles. The highest BCUT2D eigenvalue weighted by Crippen LogP contribution is 2.57. The molecule has 8 heteroatoms. The number of benzene rings is 1. The number of carbonyl (C=O) groups excluding carboxylic acids is 3. The molecule has 0 saturated carbocycles. The molecule has 1 N–H and O–H groups in total. The first-order valence-electron chi connectivity index (χ1n) is 13.2. The molecular weight excluding hydrogens is 472 g/mol. The monoisotopic (exact) mass is 508 g/mol. The molecule has 4 aliphatic rings. The summed E-state index contributed by atoms with van der Waals surface area (Å²) in [5, 5.41) is 10.5. The third-order valence-electron chi connectivity index (χ3n) is 8.26. The number of aliphatic hydroxyl groups excluding tert-OH is 1. The number of ether oxygens (including phenoxy) is 2. The van der Waals surface area contributed by atoms with Crippen molar-refractivity contribution in [3.8, 4) is 0 Å². The highest BCUT2D eigenvalue weighted by Gasteiger charge is 2.75. The van der Waals surface area contributed by atoms with Gasteiger partial charge in [-0.25, -0.2) is 0 Å². The van der Waals surface area contributed by atoms with Gasteiger partial charge in [-0.05, 0) is 45.6 Å².